The highest BCUT2D eigenvalue weighted by Gasteiger charge is 2.54. The highest BCUT2D eigenvalue weighted by molar-refractivity contribution is 7.09. The first-order valence-corrected chi connectivity index (χ1v) is 10.5. The summed E-state index contributed by atoms with van der Waals surface area (Å²) in [6.45, 7) is 3.44. The van der Waals surface area contributed by atoms with Gasteiger partial charge in [-0.05, 0) is 74.6 Å². The van der Waals surface area contributed by atoms with Gasteiger partial charge in [-0.1, -0.05) is 6.07 Å². The SMILES string of the molecule is CCN(Cc1cccs1)C(=O)CNC(=O)C12CC3CC(CC(C3)C1)C2. The Hall–Kier alpha value is -1.36. The van der Waals surface area contributed by atoms with Crippen LogP contribution in [0.3, 0.4) is 0 Å². The molecule has 1 heterocycles. The summed E-state index contributed by atoms with van der Waals surface area (Å²) < 4.78 is 0. The molecule has 4 aliphatic carbocycles. The fourth-order valence-electron chi connectivity index (χ4n) is 5.81. The van der Waals surface area contributed by atoms with Gasteiger partial charge in [0.25, 0.3) is 0 Å². The van der Waals surface area contributed by atoms with Gasteiger partial charge in [0, 0.05) is 16.8 Å². The zero-order valence-electron chi connectivity index (χ0n) is 15.0. The molecule has 0 atom stereocenters. The summed E-state index contributed by atoms with van der Waals surface area (Å²) in [6, 6.07) is 4.06. The van der Waals surface area contributed by atoms with E-state index in [1.54, 1.807) is 11.3 Å². The van der Waals surface area contributed by atoms with Crippen molar-refractivity contribution in [2.24, 2.45) is 23.2 Å². The molecule has 4 nitrogen and oxygen atoms in total. The maximum atomic E-state index is 12.9. The van der Waals surface area contributed by atoms with E-state index in [1.165, 1.54) is 24.1 Å². The first kappa shape index (κ1) is 17.1. The molecule has 2 amide bonds. The Labute approximate surface area is 154 Å². The van der Waals surface area contributed by atoms with Crippen LogP contribution >= 0.6 is 11.3 Å². The van der Waals surface area contributed by atoms with Crippen LogP contribution in [0.5, 0.6) is 0 Å². The molecule has 0 spiro atoms. The summed E-state index contributed by atoms with van der Waals surface area (Å²) in [7, 11) is 0. The molecule has 136 valence electrons. The van der Waals surface area contributed by atoms with Crippen LogP contribution in [-0.2, 0) is 16.1 Å². The summed E-state index contributed by atoms with van der Waals surface area (Å²) in [5.74, 6) is 2.41. The van der Waals surface area contributed by atoms with E-state index < -0.39 is 0 Å². The number of carbonyl (C=O) groups excluding carboxylic acids is 2. The summed E-state index contributed by atoms with van der Waals surface area (Å²) in [5.41, 5.74) is -0.167. The zero-order valence-corrected chi connectivity index (χ0v) is 15.8. The van der Waals surface area contributed by atoms with E-state index in [9.17, 15) is 9.59 Å². The van der Waals surface area contributed by atoms with Crippen molar-refractivity contribution in [3.8, 4) is 0 Å². The van der Waals surface area contributed by atoms with Crippen LogP contribution in [0.25, 0.3) is 0 Å². The lowest BCUT2D eigenvalue weighted by atomic mass is 9.49. The van der Waals surface area contributed by atoms with E-state index >= 15 is 0 Å². The number of thiophene rings is 1. The number of amides is 2. The fourth-order valence-corrected chi connectivity index (χ4v) is 6.53. The Balaban J connectivity index is 1.34. The number of carbonyl (C=O) groups is 2. The van der Waals surface area contributed by atoms with Gasteiger partial charge < -0.3 is 10.2 Å². The third-order valence-electron chi connectivity index (χ3n) is 6.58. The van der Waals surface area contributed by atoms with Crippen molar-refractivity contribution in [2.45, 2.75) is 52.0 Å². The van der Waals surface area contributed by atoms with Gasteiger partial charge in [0.15, 0.2) is 0 Å². The van der Waals surface area contributed by atoms with Gasteiger partial charge in [-0.3, -0.25) is 9.59 Å². The van der Waals surface area contributed by atoms with Gasteiger partial charge in [-0.2, -0.15) is 0 Å². The minimum absolute atomic E-state index is 0.0222. The van der Waals surface area contributed by atoms with Gasteiger partial charge >= 0.3 is 0 Å². The Kier molecular flexibility index (Phi) is 4.61. The van der Waals surface area contributed by atoms with Crippen LogP contribution in [-0.4, -0.2) is 29.8 Å². The molecule has 0 saturated heterocycles. The molecule has 1 N–H and O–H groups in total. The van der Waals surface area contributed by atoms with Crippen LogP contribution in [0.2, 0.25) is 0 Å². The lowest BCUT2D eigenvalue weighted by molar-refractivity contribution is -0.148. The van der Waals surface area contributed by atoms with E-state index in [0.29, 0.717) is 13.1 Å². The molecule has 0 unspecified atom stereocenters. The predicted octanol–water partition coefficient (Wildman–Crippen LogP) is 3.43. The van der Waals surface area contributed by atoms with E-state index in [-0.39, 0.29) is 23.8 Å². The largest absolute Gasteiger partial charge is 0.347 e. The second kappa shape index (κ2) is 6.75. The van der Waals surface area contributed by atoms with E-state index in [2.05, 4.69) is 11.4 Å². The number of hydrogen-bond acceptors (Lipinski definition) is 3. The summed E-state index contributed by atoms with van der Waals surface area (Å²) in [4.78, 5) is 28.5. The molecule has 0 aromatic carbocycles. The molecular weight excluding hydrogens is 332 g/mol. The Morgan fingerprint density at radius 2 is 1.84 bits per heavy atom. The third kappa shape index (κ3) is 3.35. The number of hydrogen-bond donors (Lipinski definition) is 1. The first-order chi connectivity index (χ1) is 12.1. The van der Waals surface area contributed by atoms with E-state index in [4.69, 9.17) is 0 Å². The predicted molar refractivity (Wildman–Crippen MR) is 99.0 cm³/mol. The summed E-state index contributed by atoms with van der Waals surface area (Å²) in [5, 5.41) is 5.04. The second-order valence-electron chi connectivity index (χ2n) is 8.37. The quantitative estimate of drug-likeness (QED) is 0.845. The maximum absolute atomic E-state index is 12.9. The standard InChI is InChI=1S/C20H28N2O2S/c1-2-22(13-17-4-3-5-25-17)18(23)12-21-19(24)20-9-14-6-15(10-20)8-16(7-14)11-20/h3-5,14-16H,2,6-13H2,1H3,(H,21,24). The van der Waals surface area contributed by atoms with Gasteiger partial charge in [0.2, 0.25) is 11.8 Å². The summed E-state index contributed by atoms with van der Waals surface area (Å²) in [6.07, 6.45) is 7.13. The van der Waals surface area contributed by atoms with Crippen LogP contribution in [0.15, 0.2) is 17.5 Å². The smallest absolute Gasteiger partial charge is 0.242 e. The maximum Gasteiger partial charge on any atom is 0.242 e. The van der Waals surface area contributed by atoms with Gasteiger partial charge in [0.05, 0.1) is 13.1 Å². The number of likely N-dealkylation sites (N-methyl/N-ethyl adjacent to an activating group) is 1. The van der Waals surface area contributed by atoms with Crippen molar-refractivity contribution in [1.82, 2.24) is 10.2 Å². The average molecular weight is 361 g/mol. The lowest BCUT2D eigenvalue weighted by Crippen LogP contribution is -2.54. The van der Waals surface area contributed by atoms with E-state index in [0.717, 1.165) is 37.0 Å². The van der Waals surface area contributed by atoms with Crippen molar-refractivity contribution in [3.63, 3.8) is 0 Å². The first-order valence-electron chi connectivity index (χ1n) is 9.66. The van der Waals surface area contributed by atoms with Crippen LogP contribution in [0.4, 0.5) is 0 Å². The monoisotopic (exact) mass is 360 g/mol. The molecule has 5 rings (SSSR count). The van der Waals surface area contributed by atoms with E-state index in [1.807, 2.05) is 23.3 Å². The highest BCUT2D eigenvalue weighted by Crippen LogP contribution is 2.60. The molecule has 4 fully saturated rings. The molecule has 0 aliphatic heterocycles. The minimum Gasteiger partial charge on any atom is -0.347 e. The zero-order chi connectivity index (χ0) is 17.4. The highest BCUT2D eigenvalue weighted by atomic mass is 32.1. The van der Waals surface area contributed by atoms with Crippen LogP contribution in [0, 0.1) is 23.2 Å². The van der Waals surface area contributed by atoms with Gasteiger partial charge in [-0.15, -0.1) is 11.3 Å². The minimum atomic E-state index is -0.167. The van der Waals surface area contributed by atoms with Crippen molar-refractivity contribution in [1.29, 1.82) is 0 Å². The molecule has 25 heavy (non-hydrogen) atoms. The molecule has 4 saturated carbocycles. The average Bonchev–Trinajstić information content (AvgIpc) is 3.09. The molecule has 4 aliphatic rings. The number of nitrogens with zero attached hydrogens (tertiary/aromatic N) is 1. The Bertz CT molecular complexity index is 605. The Morgan fingerprint density at radius 3 is 2.36 bits per heavy atom. The molecule has 1 aromatic heterocycles. The lowest BCUT2D eigenvalue weighted by Gasteiger charge is -2.55. The van der Waals surface area contributed by atoms with Crippen LogP contribution in [0.1, 0.15) is 50.3 Å². The van der Waals surface area contributed by atoms with Crippen molar-refractivity contribution < 1.29 is 9.59 Å². The normalized spacial score (nSPS) is 32.6. The van der Waals surface area contributed by atoms with Gasteiger partial charge in [-0.25, -0.2) is 0 Å². The molecule has 5 heteroatoms. The number of nitrogens with one attached hydrogen (secondary N) is 1. The molecule has 1 aromatic rings. The van der Waals surface area contributed by atoms with Crippen molar-refractivity contribution in [2.75, 3.05) is 13.1 Å². The van der Waals surface area contributed by atoms with Crippen molar-refractivity contribution >= 4 is 23.2 Å². The Morgan fingerprint density at radius 1 is 1.20 bits per heavy atom. The number of rotatable bonds is 6. The molecule has 4 bridgehead atoms. The van der Waals surface area contributed by atoms with Gasteiger partial charge in [0.1, 0.15) is 0 Å². The fraction of sp³-hybridized carbons (Fsp3) is 0.700. The summed E-state index contributed by atoms with van der Waals surface area (Å²) >= 11 is 1.67. The third-order valence-corrected chi connectivity index (χ3v) is 7.44. The molecule has 0 radical (unpaired) electrons. The van der Waals surface area contributed by atoms with Crippen molar-refractivity contribution in [3.05, 3.63) is 22.4 Å². The second-order valence-corrected chi connectivity index (χ2v) is 9.40. The topological polar surface area (TPSA) is 49.4 Å². The molecular formula is C20H28N2O2S. The van der Waals surface area contributed by atoms with Crippen LogP contribution < -0.4 is 5.32 Å².